The Kier molecular flexibility index (Phi) is 6.64. The maximum atomic E-state index is 13.4. The molecule has 2 heterocycles. The number of hydrogen-bond donors (Lipinski definition) is 0. The molecular formula is C22H24ClN5O5. The molecular weight excluding hydrogens is 450 g/mol. The van der Waals surface area contributed by atoms with E-state index in [0.29, 0.717) is 37.4 Å². The van der Waals surface area contributed by atoms with Gasteiger partial charge in [-0.15, -0.1) is 0 Å². The highest BCUT2D eigenvalue weighted by Gasteiger charge is 2.29. The molecule has 1 amide bonds. The molecule has 0 bridgehead atoms. The zero-order chi connectivity index (χ0) is 23.5. The van der Waals surface area contributed by atoms with Crippen LogP contribution >= 0.6 is 11.6 Å². The number of nitro benzene ring substituents is 2. The number of piperazine rings is 1. The van der Waals surface area contributed by atoms with Crippen molar-refractivity contribution < 1.29 is 14.6 Å². The number of carbonyl (C=O) groups excluding carboxylic acids is 1. The number of nitrogens with zero attached hydrogens (tertiary/aromatic N) is 5. The molecule has 0 unspecified atom stereocenters. The van der Waals surface area contributed by atoms with Crippen LogP contribution in [0.2, 0.25) is 5.02 Å². The molecule has 2 aromatic carbocycles. The summed E-state index contributed by atoms with van der Waals surface area (Å²) in [7, 11) is 0. The van der Waals surface area contributed by atoms with Gasteiger partial charge in [0, 0.05) is 62.5 Å². The first-order valence-corrected chi connectivity index (χ1v) is 11.2. The zero-order valence-electron chi connectivity index (χ0n) is 18.0. The summed E-state index contributed by atoms with van der Waals surface area (Å²) in [5, 5.41) is 23.1. The molecule has 0 spiro atoms. The molecule has 2 fully saturated rings. The average molecular weight is 474 g/mol. The van der Waals surface area contributed by atoms with E-state index in [0.717, 1.165) is 38.0 Å². The van der Waals surface area contributed by atoms with Crippen molar-refractivity contribution in [2.45, 2.75) is 19.3 Å². The maximum absolute atomic E-state index is 13.4. The Morgan fingerprint density at radius 3 is 2.06 bits per heavy atom. The molecule has 174 valence electrons. The lowest BCUT2D eigenvalue weighted by Crippen LogP contribution is -2.49. The van der Waals surface area contributed by atoms with Gasteiger partial charge in [-0.05, 0) is 37.5 Å². The van der Waals surface area contributed by atoms with Gasteiger partial charge in [-0.2, -0.15) is 0 Å². The van der Waals surface area contributed by atoms with Crippen LogP contribution in [0.1, 0.15) is 29.6 Å². The number of non-ortho nitro benzene ring substituents is 1. The van der Waals surface area contributed by atoms with Gasteiger partial charge in [0.15, 0.2) is 0 Å². The molecule has 0 saturated carbocycles. The first kappa shape index (κ1) is 22.8. The van der Waals surface area contributed by atoms with Gasteiger partial charge in [0.2, 0.25) is 0 Å². The molecule has 11 heteroatoms. The predicted molar refractivity (Wildman–Crippen MR) is 125 cm³/mol. The van der Waals surface area contributed by atoms with Crippen LogP contribution in [0, 0.1) is 20.2 Å². The number of rotatable bonds is 5. The van der Waals surface area contributed by atoms with Gasteiger partial charge in [0.25, 0.3) is 17.3 Å². The largest absolute Gasteiger partial charge is 0.371 e. The molecule has 0 aliphatic carbocycles. The summed E-state index contributed by atoms with van der Waals surface area (Å²) in [5.41, 5.74) is 1.32. The summed E-state index contributed by atoms with van der Waals surface area (Å²) in [5.74, 6) is -0.260. The van der Waals surface area contributed by atoms with Crippen LogP contribution in [0.15, 0.2) is 36.4 Å². The Morgan fingerprint density at radius 1 is 0.788 bits per heavy atom. The van der Waals surface area contributed by atoms with Crippen molar-refractivity contribution in [1.29, 1.82) is 0 Å². The van der Waals surface area contributed by atoms with Gasteiger partial charge in [0.05, 0.1) is 21.1 Å². The van der Waals surface area contributed by atoms with Crippen LogP contribution in [0.25, 0.3) is 0 Å². The second-order valence-corrected chi connectivity index (χ2v) is 8.61. The Morgan fingerprint density at radius 2 is 1.42 bits per heavy atom. The third-order valence-electron chi connectivity index (χ3n) is 6.16. The fourth-order valence-corrected chi connectivity index (χ4v) is 4.62. The average Bonchev–Trinajstić information content (AvgIpc) is 2.83. The summed E-state index contributed by atoms with van der Waals surface area (Å²) in [6.07, 6.45) is 3.16. The third kappa shape index (κ3) is 4.85. The first-order chi connectivity index (χ1) is 15.8. The summed E-state index contributed by atoms with van der Waals surface area (Å²) in [6, 6.07) is 9.02. The van der Waals surface area contributed by atoms with E-state index in [-0.39, 0.29) is 22.3 Å². The van der Waals surface area contributed by atoms with Crippen molar-refractivity contribution in [2.24, 2.45) is 0 Å². The van der Waals surface area contributed by atoms with Gasteiger partial charge in [-0.3, -0.25) is 25.0 Å². The van der Waals surface area contributed by atoms with Gasteiger partial charge in [-0.1, -0.05) is 11.6 Å². The molecule has 2 saturated heterocycles. The van der Waals surface area contributed by atoms with Crippen LogP contribution in [-0.2, 0) is 0 Å². The van der Waals surface area contributed by atoms with E-state index in [1.165, 1.54) is 18.2 Å². The monoisotopic (exact) mass is 473 g/mol. The molecule has 0 atom stereocenters. The highest BCUT2D eigenvalue weighted by molar-refractivity contribution is 6.30. The van der Waals surface area contributed by atoms with E-state index in [2.05, 4.69) is 4.90 Å². The standard InChI is InChI=1S/C22H24ClN5O5/c23-16-4-6-20(21(14-16)28(32)33)25-10-12-26(13-11-25)22(29)18-15-17(27(30)31)5-7-19(18)24-8-2-1-3-9-24/h4-7,14-15H,1-3,8-13H2. The number of amides is 1. The molecule has 33 heavy (non-hydrogen) atoms. The van der Waals surface area contributed by atoms with E-state index in [9.17, 15) is 25.0 Å². The van der Waals surface area contributed by atoms with Crippen LogP contribution in [-0.4, -0.2) is 59.9 Å². The third-order valence-corrected chi connectivity index (χ3v) is 6.39. The topological polar surface area (TPSA) is 113 Å². The van der Waals surface area contributed by atoms with Gasteiger partial charge in [-0.25, -0.2) is 0 Å². The second-order valence-electron chi connectivity index (χ2n) is 8.18. The van der Waals surface area contributed by atoms with Gasteiger partial charge >= 0.3 is 0 Å². The normalized spacial score (nSPS) is 16.6. The number of anilines is 2. The molecule has 2 aliphatic heterocycles. The number of benzene rings is 2. The number of piperidine rings is 1. The van der Waals surface area contributed by atoms with E-state index in [1.54, 1.807) is 23.1 Å². The van der Waals surface area contributed by atoms with Gasteiger partial charge < -0.3 is 14.7 Å². The van der Waals surface area contributed by atoms with Crippen molar-refractivity contribution in [3.63, 3.8) is 0 Å². The van der Waals surface area contributed by atoms with Crippen LogP contribution in [0.3, 0.4) is 0 Å². The first-order valence-electron chi connectivity index (χ1n) is 10.9. The highest BCUT2D eigenvalue weighted by atomic mass is 35.5. The Balaban J connectivity index is 1.55. The van der Waals surface area contributed by atoms with E-state index in [1.807, 2.05) is 4.90 Å². The molecule has 10 nitrogen and oxygen atoms in total. The quantitative estimate of drug-likeness (QED) is 0.474. The van der Waals surface area contributed by atoms with Crippen molar-refractivity contribution in [3.8, 4) is 0 Å². The van der Waals surface area contributed by atoms with Crippen molar-refractivity contribution in [2.75, 3.05) is 49.1 Å². The van der Waals surface area contributed by atoms with Crippen LogP contribution in [0.5, 0.6) is 0 Å². The summed E-state index contributed by atoms with van der Waals surface area (Å²) < 4.78 is 0. The maximum Gasteiger partial charge on any atom is 0.294 e. The van der Waals surface area contributed by atoms with Crippen molar-refractivity contribution in [1.82, 2.24) is 4.90 Å². The van der Waals surface area contributed by atoms with Crippen molar-refractivity contribution in [3.05, 3.63) is 67.2 Å². The fourth-order valence-electron chi connectivity index (χ4n) is 4.45. The Bertz CT molecular complexity index is 1080. The minimum atomic E-state index is -0.492. The molecule has 0 aromatic heterocycles. The van der Waals surface area contributed by atoms with Gasteiger partial charge in [0.1, 0.15) is 5.69 Å². The molecule has 2 aromatic rings. The molecule has 2 aliphatic rings. The minimum Gasteiger partial charge on any atom is -0.371 e. The van der Waals surface area contributed by atoms with Crippen LogP contribution in [0.4, 0.5) is 22.7 Å². The minimum absolute atomic E-state index is 0.0756. The Hall–Kier alpha value is -3.40. The number of halogens is 1. The second kappa shape index (κ2) is 9.62. The summed E-state index contributed by atoms with van der Waals surface area (Å²) in [4.78, 5) is 40.9. The number of carbonyl (C=O) groups is 1. The number of nitro groups is 2. The predicted octanol–water partition coefficient (Wildman–Crippen LogP) is 4.11. The zero-order valence-corrected chi connectivity index (χ0v) is 18.7. The summed E-state index contributed by atoms with van der Waals surface area (Å²) >= 11 is 5.92. The van der Waals surface area contributed by atoms with E-state index >= 15 is 0 Å². The SMILES string of the molecule is O=C(c1cc([N+](=O)[O-])ccc1N1CCCCC1)N1CCN(c2ccc(Cl)cc2[N+](=O)[O-])CC1. The lowest BCUT2D eigenvalue weighted by Gasteiger charge is -2.37. The van der Waals surface area contributed by atoms with Crippen molar-refractivity contribution >= 4 is 40.3 Å². The molecule has 4 rings (SSSR count). The fraction of sp³-hybridized carbons (Fsp3) is 0.409. The number of hydrogen-bond acceptors (Lipinski definition) is 7. The smallest absolute Gasteiger partial charge is 0.294 e. The lowest BCUT2D eigenvalue weighted by atomic mass is 10.0. The Labute approximate surface area is 195 Å². The van der Waals surface area contributed by atoms with Crippen LogP contribution < -0.4 is 9.80 Å². The summed E-state index contributed by atoms with van der Waals surface area (Å²) in [6.45, 7) is 3.13. The lowest BCUT2D eigenvalue weighted by molar-refractivity contribution is -0.384. The molecule has 0 N–H and O–H groups in total. The van der Waals surface area contributed by atoms with E-state index in [4.69, 9.17) is 11.6 Å². The van der Waals surface area contributed by atoms with E-state index < -0.39 is 9.85 Å². The highest BCUT2D eigenvalue weighted by Crippen LogP contribution is 2.33. The molecule has 0 radical (unpaired) electrons.